The molecule has 4 aliphatic carbocycles. The van der Waals surface area contributed by atoms with Gasteiger partial charge < -0.3 is 5.32 Å². The molecule has 0 aromatic rings. The van der Waals surface area contributed by atoms with Crippen molar-refractivity contribution in [2.24, 2.45) is 16.7 Å². The average molecular weight is 379 g/mol. The normalized spacial score (nSPS) is 49.7. The van der Waals surface area contributed by atoms with Crippen LogP contribution in [0.4, 0.5) is 0 Å². The van der Waals surface area contributed by atoms with Gasteiger partial charge in [0, 0.05) is 5.54 Å². The summed E-state index contributed by atoms with van der Waals surface area (Å²) in [6, 6.07) is 0. The van der Waals surface area contributed by atoms with Crippen LogP contribution < -0.4 is 5.32 Å². The minimum absolute atomic E-state index is 0.0692. The van der Waals surface area contributed by atoms with E-state index in [0.29, 0.717) is 10.8 Å². The number of carbonyl (C=O) groups is 1. The first-order valence-electron chi connectivity index (χ1n) is 6.84. The van der Waals surface area contributed by atoms with Gasteiger partial charge in [-0.25, -0.2) is 0 Å². The highest BCUT2D eigenvalue weighted by molar-refractivity contribution is 9.25. The molecule has 0 spiro atoms. The summed E-state index contributed by atoms with van der Waals surface area (Å²) in [5.41, 5.74) is 0.977. The van der Waals surface area contributed by atoms with Crippen LogP contribution in [0, 0.1) is 16.7 Å². The van der Waals surface area contributed by atoms with Crippen molar-refractivity contribution in [2.75, 3.05) is 0 Å². The van der Waals surface area contributed by atoms with Crippen LogP contribution in [0.5, 0.6) is 0 Å². The molecule has 4 rings (SSSR count). The molecule has 0 radical (unpaired) electrons. The van der Waals surface area contributed by atoms with E-state index in [-0.39, 0.29) is 15.2 Å². The summed E-state index contributed by atoms with van der Waals surface area (Å²) in [4.78, 5) is 12.0. The molecule has 2 atom stereocenters. The Morgan fingerprint density at radius 3 is 2.11 bits per heavy atom. The Balaban J connectivity index is 1.87. The van der Waals surface area contributed by atoms with Gasteiger partial charge in [0.25, 0.3) is 0 Å². The van der Waals surface area contributed by atoms with Gasteiger partial charge in [-0.3, -0.25) is 4.79 Å². The molecule has 4 heteroatoms. The Hall–Kier alpha value is 0.430. The van der Waals surface area contributed by atoms with Gasteiger partial charge in [-0.1, -0.05) is 45.7 Å². The van der Waals surface area contributed by atoms with Gasteiger partial charge in [-0.05, 0) is 55.3 Å². The van der Waals surface area contributed by atoms with Crippen molar-refractivity contribution in [3.63, 3.8) is 0 Å². The third-order valence-corrected chi connectivity index (χ3v) is 6.04. The number of hydrogen-bond acceptors (Lipinski definition) is 1. The van der Waals surface area contributed by atoms with Crippen LogP contribution in [-0.2, 0) is 4.79 Å². The van der Waals surface area contributed by atoms with Crippen molar-refractivity contribution >= 4 is 37.8 Å². The van der Waals surface area contributed by atoms with Gasteiger partial charge in [0.05, 0.1) is 0 Å². The van der Waals surface area contributed by atoms with Crippen LogP contribution in [0.2, 0.25) is 0 Å². The molecular weight excluding hydrogens is 358 g/mol. The Kier molecular flexibility index (Phi) is 2.96. The van der Waals surface area contributed by atoms with Gasteiger partial charge in [-0.15, -0.1) is 0 Å². The Morgan fingerprint density at radius 2 is 1.67 bits per heavy atom. The van der Waals surface area contributed by atoms with Crippen molar-refractivity contribution < 1.29 is 4.79 Å². The summed E-state index contributed by atoms with van der Waals surface area (Å²) in [5, 5.41) is 3.34. The second-order valence-corrected chi connectivity index (χ2v) is 10.8. The van der Waals surface area contributed by atoms with Crippen LogP contribution in [0.1, 0.15) is 52.4 Å². The SMILES string of the molecule is CC12CC3CC(C)(C1)CC(NC(=O)C(Br)Br)(C3)C2. The lowest BCUT2D eigenvalue weighted by molar-refractivity contribution is -0.138. The first kappa shape index (κ1) is 13.4. The second-order valence-electron chi connectivity index (χ2n) is 7.70. The Bertz CT molecular complexity index is 377. The second kappa shape index (κ2) is 3.97. The highest BCUT2D eigenvalue weighted by atomic mass is 79.9. The largest absolute Gasteiger partial charge is 0.349 e. The third-order valence-electron chi connectivity index (χ3n) is 5.21. The number of rotatable bonds is 2. The van der Waals surface area contributed by atoms with Gasteiger partial charge in [0.2, 0.25) is 5.91 Å². The lowest BCUT2D eigenvalue weighted by Gasteiger charge is -2.65. The van der Waals surface area contributed by atoms with Crippen molar-refractivity contribution in [1.29, 1.82) is 0 Å². The standard InChI is InChI=1S/C14H21Br2NO/c1-12-3-9-4-13(2,6-12)8-14(5-9,7-12)17-11(18)10(15)16/h9-10H,3-8H2,1-2H3,(H,17,18). The van der Waals surface area contributed by atoms with Crippen molar-refractivity contribution in [3.8, 4) is 0 Å². The van der Waals surface area contributed by atoms with Crippen molar-refractivity contribution in [2.45, 2.75) is 61.6 Å². The molecule has 2 unspecified atom stereocenters. The minimum Gasteiger partial charge on any atom is -0.349 e. The summed E-state index contributed by atoms with van der Waals surface area (Å²) in [6.45, 7) is 4.85. The van der Waals surface area contributed by atoms with Crippen LogP contribution >= 0.6 is 31.9 Å². The summed E-state index contributed by atoms with van der Waals surface area (Å²) in [7, 11) is 0. The van der Waals surface area contributed by atoms with Crippen LogP contribution in [0.15, 0.2) is 0 Å². The molecule has 18 heavy (non-hydrogen) atoms. The Labute approximate surface area is 126 Å². The molecule has 0 saturated heterocycles. The summed E-state index contributed by atoms with van der Waals surface area (Å²) in [5.74, 6) is 0.907. The lowest BCUT2D eigenvalue weighted by Crippen LogP contribution is -2.65. The molecule has 0 aromatic carbocycles. The number of halogens is 2. The molecule has 4 bridgehead atoms. The minimum atomic E-state index is -0.265. The molecule has 1 N–H and O–H groups in total. The number of carbonyl (C=O) groups excluding carboxylic acids is 1. The maximum absolute atomic E-state index is 12.0. The predicted molar refractivity (Wildman–Crippen MR) is 79.9 cm³/mol. The number of amides is 1. The summed E-state index contributed by atoms with van der Waals surface area (Å²) in [6.07, 6.45) is 7.62. The summed E-state index contributed by atoms with van der Waals surface area (Å²) >= 11 is 6.62. The smallest absolute Gasteiger partial charge is 0.245 e. The zero-order valence-corrected chi connectivity index (χ0v) is 14.2. The van der Waals surface area contributed by atoms with Crippen LogP contribution in [0.3, 0.4) is 0 Å². The monoisotopic (exact) mass is 377 g/mol. The number of nitrogens with one attached hydrogen (secondary N) is 1. The molecule has 1 amide bonds. The molecule has 0 heterocycles. The number of hydrogen-bond donors (Lipinski definition) is 1. The fraction of sp³-hybridized carbons (Fsp3) is 0.929. The highest BCUT2D eigenvalue weighted by Gasteiger charge is 2.60. The van der Waals surface area contributed by atoms with E-state index in [9.17, 15) is 4.79 Å². The molecule has 0 aliphatic heterocycles. The van der Waals surface area contributed by atoms with E-state index in [0.717, 1.165) is 5.92 Å². The fourth-order valence-corrected chi connectivity index (χ4v) is 6.13. The zero-order chi connectivity index (χ0) is 13.2. The average Bonchev–Trinajstić information content (AvgIpc) is 2.09. The van der Waals surface area contributed by atoms with E-state index >= 15 is 0 Å². The van der Waals surface area contributed by atoms with Crippen LogP contribution in [-0.4, -0.2) is 15.2 Å². The zero-order valence-electron chi connectivity index (χ0n) is 11.1. The molecule has 4 aliphatic rings. The molecule has 102 valence electrons. The van der Waals surface area contributed by atoms with Crippen molar-refractivity contribution in [1.82, 2.24) is 5.32 Å². The number of alkyl halides is 2. The Morgan fingerprint density at radius 1 is 1.11 bits per heavy atom. The highest BCUT2D eigenvalue weighted by Crippen LogP contribution is 2.66. The quantitative estimate of drug-likeness (QED) is 0.723. The fourth-order valence-electron chi connectivity index (χ4n) is 5.90. The van der Waals surface area contributed by atoms with E-state index in [1.807, 2.05) is 0 Å². The van der Waals surface area contributed by atoms with Gasteiger partial charge in [-0.2, -0.15) is 0 Å². The van der Waals surface area contributed by atoms with Crippen LogP contribution in [0.25, 0.3) is 0 Å². The van der Waals surface area contributed by atoms with Gasteiger partial charge >= 0.3 is 0 Å². The van der Waals surface area contributed by atoms with E-state index in [2.05, 4.69) is 51.0 Å². The third kappa shape index (κ3) is 2.17. The van der Waals surface area contributed by atoms with E-state index in [4.69, 9.17) is 0 Å². The molecule has 2 nitrogen and oxygen atoms in total. The topological polar surface area (TPSA) is 29.1 Å². The van der Waals surface area contributed by atoms with Crippen molar-refractivity contribution in [3.05, 3.63) is 0 Å². The predicted octanol–water partition coefficient (Wildman–Crippen LogP) is 3.97. The lowest BCUT2D eigenvalue weighted by atomic mass is 9.43. The molecular formula is C14H21Br2NO. The molecule has 0 aromatic heterocycles. The first-order chi connectivity index (χ1) is 8.23. The molecule has 4 saturated carbocycles. The molecule has 4 fully saturated rings. The first-order valence-corrected chi connectivity index (χ1v) is 8.67. The maximum Gasteiger partial charge on any atom is 0.245 e. The van der Waals surface area contributed by atoms with E-state index < -0.39 is 0 Å². The van der Waals surface area contributed by atoms with E-state index in [1.54, 1.807) is 0 Å². The summed E-state index contributed by atoms with van der Waals surface area (Å²) < 4.78 is -0.265. The maximum atomic E-state index is 12.0. The van der Waals surface area contributed by atoms with Gasteiger partial charge in [0.1, 0.15) is 3.74 Å². The van der Waals surface area contributed by atoms with E-state index in [1.165, 1.54) is 38.5 Å². The van der Waals surface area contributed by atoms with Gasteiger partial charge in [0.15, 0.2) is 0 Å².